The lowest BCUT2D eigenvalue weighted by Crippen LogP contribution is -2.11. The van der Waals surface area contributed by atoms with Crippen LogP contribution in [0.2, 0.25) is 0 Å². The van der Waals surface area contributed by atoms with E-state index in [0.29, 0.717) is 17.9 Å². The largest absolute Gasteiger partial charge is 0.465 e. The summed E-state index contributed by atoms with van der Waals surface area (Å²) >= 11 is 0. The molecule has 0 N–H and O–H groups in total. The zero-order valence-corrected chi connectivity index (χ0v) is 13.5. The van der Waals surface area contributed by atoms with Crippen LogP contribution in [0.25, 0.3) is 10.9 Å². The summed E-state index contributed by atoms with van der Waals surface area (Å²) in [5.74, 6) is -0.748. The Balaban J connectivity index is 2.15. The number of rotatable bonds is 5. The molecule has 0 bridgehead atoms. The van der Waals surface area contributed by atoms with Crippen LogP contribution in [0, 0.1) is 0 Å². The standard InChI is InChI=1S/C19H17NO4/c1-23-12-20-11-16(13-7-5-6-10-17(13)20)18(21)14-8-3-4-9-15(14)19(22)24-2/h3-11H,12H2,1-2H3. The Kier molecular flexibility index (Phi) is 4.44. The summed E-state index contributed by atoms with van der Waals surface area (Å²) in [7, 11) is 2.90. The number of carbonyl (C=O) groups is 2. The molecule has 122 valence electrons. The summed E-state index contributed by atoms with van der Waals surface area (Å²) in [6.45, 7) is 0.340. The van der Waals surface area contributed by atoms with Crippen molar-refractivity contribution in [1.29, 1.82) is 0 Å². The molecule has 3 rings (SSSR count). The molecule has 0 aliphatic carbocycles. The third-order valence-corrected chi connectivity index (χ3v) is 3.88. The fraction of sp³-hybridized carbons (Fsp3) is 0.158. The fourth-order valence-corrected chi connectivity index (χ4v) is 2.79. The highest BCUT2D eigenvalue weighted by molar-refractivity contribution is 6.19. The average Bonchev–Trinajstić information content (AvgIpc) is 2.99. The summed E-state index contributed by atoms with van der Waals surface area (Å²) in [5.41, 5.74) is 2.01. The number of benzene rings is 2. The molecule has 0 saturated carbocycles. The van der Waals surface area contributed by atoms with Gasteiger partial charge in [0.2, 0.25) is 0 Å². The number of para-hydroxylation sites is 1. The average molecular weight is 323 g/mol. The lowest BCUT2D eigenvalue weighted by Gasteiger charge is -2.06. The highest BCUT2D eigenvalue weighted by atomic mass is 16.5. The van der Waals surface area contributed by atoms with Crippen LogP contribution in [0.15, 0.2) is 54.7 Å². The van der Waals surface area contributed by atoms with Gasteiger partial charge in [-0.25, -0.2) is 4.79 Å². The van der Waals surface area contributed by atoms with Gasteiger partial charge in [-0.15, -0.1) is 0 Å². The number of aromatic nitrogens is 1. The summed E-state index contributed by atoms with van der Waals surface area (Å²) in [4.78, 5) is 25.0. The van der Waals surface area contributed by atoms with Crippen molar-refractivity contribution in [3.05, 3.63) is 71.4 Å². The molecule has 0 amide bonds. The molecule has 0 unspecified atom stereocenters. The molecule has 24 heavy (non-hydrogen) atoms. The van der Waals surface area contributed by atoms with Crippen molar-refractivity contribution in [2.45, 2.75) is 6.73 Å². The van der Waals surface area contributed by atoms with E-state index in [0.717, 1.165) is 10.9 Å². The van der Waals surface area contributed by atoms with E-state index < -0.39 is 5.97 Å². The molecule has 3 aromatic rings. The first kappa shape index (κ1) is 16.0. The van der Waals surface area contributed by atoms with Crippen molar-refractivity contribution in [1.82, 2.24) is 4.57 Å². The molecule has 1 aromatic heterocycles. The van der Waals surface area contributed by atoms with Gasteiger partial charge in [0, 0.05) is 29.8 Å². The maximum Gasteiger partial charge on any atom is 0.338 e. The molecule has 0 radical (unpaired) electrons. The number of hydrogen-bond donors (Lipinski definition) is 0. The Labute approximate surface area is 139 Å². The van der Waals surface area contributed by atoms with Crippen LogP contribution in [-0.4, -0.2) is 30.5 Å². The second-order valence-corrected chi connectivity index (χ2v) is 5.31. The van der Waals surface area contributed by atoms with Crippen molar-refractivity contribution in [3.8, 4) is 0 Å². The zero-order chi connectivity index (χ0) is 17.1. The third kappa shape index (κ3) is 2.70. The normalized spacial score (nSPS) is 10.8. The van der Waals surface area contributed by atoms with E-state index >= 15 is 0 Å². The van der Waals surface area contributed by atoms with Crippen molar-refractivity contribution in [3.63, 3.8) is 0 Å². The maximum atomic E-state index is 13.1. The summed E-state index contributed by atoms with van der Waals surface area (Å²) < 4.78 is 11.8. The Morgan fingerprint density at radius 1 is 0.917 bits per heavy atom. The summed E-state index contributed by atoms with van der Waals surface area (Å²) in [5, 5.41) is 0.819. The van der Waals surface area contributed by atoms with E-state index in [1.54, 1.807) is 37.6 Å². The van der Waals surface area contributed by atoms with Gasteiger partial charge in [-0.3, -0.25) is 4.79 Å². The lowest BCUT2D eigenvalue weighted by molar-refractivity contribution is 0.0597. The maximum absolute atomic E-state index is 13.1. The van der Waals surface area contributed by atoms with Gasteiger partial charge in [0.15, 0.2) is 5.78 Å². The van der Waals surface area contributed by atoms with E-state index in [9.17, 15) is 9.59 Å². The number of ketones is 1. The molecule has 0 aliphatic heterocycles. The van der Waals surface area contributed by atoms with Gasteiger partial charge in [-0.05, 0) is 12.1 Å². The van der Waals surface area contributed by atoms with Crippen molar-refractivity contribution in [2.75, 3.05) is 14.2 Å². The Morgan fingerprint density at radius 3 is 2.29 bits per heavy atom. The molecule has 5 heteroatoms. The van der Waals surface area contributed by atoms with Gasteiger partial charge in [-0.2, -0.15) is 0 Å². The van der Waals surface area contributed by atoms with Crippen LogP contribution < -0.4 is 0 Å². The molecule has 0 saturated heterocycles. The van der Waals surface area contributed by atoms with Gasteiger partial charge in [0.1, 0.15) is 6.73 Å². The first-order valence-electron chi connectivity index (χ1n) is 7.46. The van der Waals surface area contributed by atoms with E-state index in [2.05, 4.69) is 0 Å². The topological polar surface area (TPSA) is 57.5 Å². The molecular weight excluding hydrogens is 306 g/mol. The van der Waals surface area contributed by atoms with Gasteiger partial charge >= 0.3 is 5.97 Å². The number of nitrogens with zero attached hydrogens (tertiary/aromatic N) is 1. The number of carbonyl (C=O) groups excluding carboxylic acids is 2. The Bertz CT molecular complexity index is 911. The molecular formula is C19H17NO4. The SMILES string of the molecule is COCn1cc(C(=O)c2ccccc2C(=O)OC)c2ccccc21. The highest BCUT2D eigenvalue weighted by Gasteiger charge is 2.21. The van der Waals surface area contributed by atoms with Crippen LogP contribution in [0.4, 0.5) is 0 Å². The lowest BCUT2D eigenvalue weighted by atomic mass is 9.98. The number of hydrogen-bond acceptors (Lipinski definition) is 4. The first-order chi connectivity index (χ1) is 11.7. The van der Waals surface area contributed by atoms with Crippen LogP contribution in [-0.2, 0) is 16.2 Å². The number of methoxy groups -OCH3 is 2. The summed E-state index contributed by atoms with van der Waals surface area (Å²) in [6, 6.07) is 14.3. The molecule has 0 fully saturated rings. The molecule has 0 atom stereocenters. The number of ether oxygens (including phenoxy) is 2. The Morgan fingerprint density at radius 2 is 1.58 bits per heavy atom. The molecule has 1 heterocycles. The predicted molar refractivity (Wildman–Crippen MR) is 90.2 cm³/mol. The monoisotopic (exact) mass is 323 g/mol. The second kappa shape index (κ2) is 6.68. The van der Waals surface area contributed by atoms with E-state index in [4.69, 9.17) is 9.47 Å². The van der Waals surface area contributed by atoms with Gasteiger partial charge in [0.25, 0.3) is 0 Å². The smallest absolute Gasteiger partial charge is 0.338 e. The zero-order valence-electron chi connectivity index (χ0n) is 13.5. The van der Waals surface area contributed by atoms with Crippen LogP contribution in [0.5, 0.6) is 0 Å². The van der Waals surface area contributed by atoms with E-state index in [1.165, 1.54) is 7.11 Å². The fourth-order valence-electron chi connectivity index (χ4n) is 2.79. The molecule has 0 aliphatic rings. The minimum absolute atomic E-state index is 0.220. The molecule has 0 spiro atoms. The number of esters is 1. The van der Waals surface area contributed by atoms with Crippen LogP contribution in [0.3, 0.4) is 0 Å². The Hall–Kier alpha value is -2.92. The first-order valence-corrected chi connectivity index (χ1v) is 7.46. The molecule has 2 aromatic carbocycles. The highest BCUT2D eigenvalue weighted by Crippen LogP contribution is 2.25. The quantitative estimate of drug-likeness (QED) is 0.534. The minimum Gasteiger partial charge on any atom is -0.465 e. The van der Waals surface area contributed by atoms with Gasteiger partial charge in [-0.1, -0.05) is 36.4 Å². The van der Waals surface area contributed by atoms with E-state index in [-0.39, 0.29) is 11.3 Å². The minimum atomic E-state index is -0.528. The van der Waals surface area contributed by atoms with Crippen molar-refractivity contribution < 1.29 is 19.1 Å². The number of fused-ring (bicyclic) bond motifs is 1. The van der Waals surface area contributed by atoms with Crippen molar-refractivity contribution >= 4 is 22.7 Å². The van der Waals surface area contributed by atoms with Crippen LogP contribution in [0.1, 0.15) is 26.3 Å². The molecule has 5 nitrogen and oxygen atoms in total. The third-order valence-electron chi connectivity index (χ3n) is 3.88. The summed E-state index contributed by atoms with van der Waals surface area (Å²) in [6.07, 6.45) is 1.75. The predicted octanol–water partition coefficient (Wildman–Crippen LogP) is 3.26. The second-order valence-electron chi connectivity index (χ2n) is 5.31. The van der Waals surface area contributed by atoms with Gasteiger partial charge < -0.3 is 14.0 Å². The van der Waals surface area contributed by atoms with E-state index in [1.807, 2.05) is 28.8 Å². The van der Waals surface area contributed by atoms with Crippen molar-refractivity contribution in [2.24, 2.45) is 0 Å². The van der Waals surface area contributed by atoms with Crippen LogP contribution >= 0.6 is 0 Å². The van der Waals surface area contributed by atoms with Gasteiger partial charge in [0.05, 0.1) is 18.2 Å².